The Hall–Kier alpha value is -1.82. The van der Waals surface area contributed by atoms with E-state index in [-0.39, 0.29) is 5.88 Å². The van der Waals surface area contributed by atoms with Gasteiger partial charge in [-0.3, -0.25) is 0 Å². The van der Waals surface area contributed by atoms with Crippen molar-refractivity contribution in [1.82, 2.24) is 10.3 Å². The first-order valence-corrected chi connectivity index (χ1v) is 6.22. The number of alkyl halides is 3. The fourth-order valence-electron chi connectivity index (χ4n) is 1.94. The van der Waals surface area contributed by atoms with E-state index in [1.807, 2.05) is 25.2 Å². The number of benzene rings is 1. The first-order valence-electron chi connectivity index (χ1n) is 6.22. The van der Waals surface area contributed by atoms with Crippen LogP contribution in [0.2, 0.25) is 0 Å². The molecule has 0 amide bonds. The number of nitrogens with zero attached hydrogens (tertiary/aromatic N) is 1. The Bertz CT molecular complexity index is 584. The summed E-state index contributed by atoms with van der Waals surface area (Å²) in [5.74, 6) is 0.240. The van der Waals surface area contributed by atoms with Crippen molar-refractivity contribution < 1.29 is 17.9 Å². The smallest absolute Gasteiger partial charge is 0.392 e. The molecule has 1 heterocycles. The molecular formula is C14H15F3N2O. The van der Waals surface area contributed by atoms with Crippen molar-refractivity contribution in [3.05, 3.63) is 36.0 Å². The minimum Gasteiger partial charge on any atom is -0.477 e. The number of ether oxygens (including phenoxy) is 1. The molecule has 0 fully saturated rings. The topological polar surface area (TPSA) is 34.2 Å². The third kappa shape index (κ3) is 3.60. The van der Waals surface area contributed by atoms with Crippen LogP contribution in [0.15, 0.2) is 30.5 Å². The summed E-state index contributed by atoms with van der Waals surface area (Å²) in [5, 5.41) is 4.68. The molecule has 0 unspecified atom stereocenters. The van der Waals surface area contributed by atoms with Crippen molar-refractivity contribution in [3.8, 4) is 5.88 Å². The molecule has 3 nitrogen and oxygen atoms in total. The molecule has 0 saturated heterocycles. The fraction of sp³-hybridized carbons (Fsp3) is 0.357. The van der Waals surface area contributed by atoms with Gasteiger partial charge in [0.2, 0.25) is 5.88 Å². The summed E-state index contributed by atoms with van der Waals surface area (Å²) in [7, 11) is 1.82. The zero-order valence-corrected chi connectivity index (χ0v) is 11.0. The molecule has 2 rings (SSSR count). The Balaban J connectivity index is 2.24. The molecule has 1 aromatic heterocycles. The van der Waals surface area contributed by atoms with E-state index in [4.69, 9.17) is 4.74 Å². The standard InChI is InChI=1S/C14H15F3N2O/c1-18-8-10-9-19-13(20-7-6-14(15,16)17)12-5-3-2-4-11(10)12/h2-5,9,18H,6-8H2,1H3. The summed E-state index contributed by atoms with van der Waals surface area (Å²) in [6.07, 6.45) is -3.58. The summed E-state index contributed by atoms with van der Waals surface area (Å²) in [6.45, 7) is 0.211. The lowest BCUT2D eigenvalue weighted by Crippen LogP contribution is -2.13. The Morgan fingerprint density at radius 1 is 1.20 bits per heavy atom. The van der Waals surface area contributed by atoms with Gasteiger partial charge in [-0.1, -0.05) is 18.2 Å². The molecule has 0 saturated carbocycles. The van der Waals surface area contributed by atoms with Crippen LogP contribution in [0.5, 0.6) is 5.88 Å². The summed E-state index contributed by atoms with van der Waals surface area (Å²) >= 11 is 0. The predicted octanol–water partition coefficient (Wildman–Crippen LogP) is 3.29. The Morgan fingerprint density at radius 3 is 2.55 bits per heavy atom. The van der Waals surface area contributed by atoms with Gasteiger partial charge >= 0.3 is 6.18 Å². The molecule has 0 atom stereocenters. The van der Waals surface area contributed by atoms with E-state index in [1.54, 1.807) is 12.3 Å². The van der Waals surface area contributed by atoms with Gasteiger partial charge in [-0.25, -0.2) is 4.98 Å². The third-order valence-electron chi connectivity index (χ3n) is 2.83. The number of hydrogen-bond donors (Lipinski definition) is 1. The van der Waals surface area contributed by atoms with Crippen molar-refractivity contribution in [2.75, 3.05) is 13.7 Å². The highest BCUT2D eigenvalue weighted by atomic mass is 19.4. The summed E-state index contributed by atoms with van der Waals surface area (Å²) in [5.41, 5.74) is 0.978. The van der Waals surface area contributed by atoms with Gasteiger partial charge in [-0.05, 0) is 24.1 Å². The predicted molar refractivity (Wildman–Crippen MR) is 70.7 cm³/mol. The lowest BCUT2D eigenvalue weighted by Gasteiger charge is -2.12. The minimum atomic E-state index is -4.22. The Morgan fingerprint density at radius 2 is 1.90 bits per heavy atom. The second kappa shape index (κ2) is 6.09. The molecular weight excluding hydrogens is 269 g/mol. The molecule has 0 spiro atoms. The van der Waals surface area contributed by atoms with Crippen molar-refractivity contribution in [2.45, 2.75) is 19.1 Å². The highest BCUT2D eigenvalue weighted by Crippen LogP contribution is 2.27. The van der Waals surface area contributed by atoms with E-state index in [0.717, 1.165) is 16.3 Å². The van der Waals surface area contributed by atoms with Gasteiger partial charge in [0.25, 0.3) is 0 Å². The zero-order chi connectivity index (χ0) is 14.6. The van der Waals surface area contributed by atoms with Crippen LogP contribution in [0, 0.1) is 0 Å². The van der Waals surface area contributed by atoms with Crippen molar-refractivity contribution in [2.24, 2.45) is 0 Å². The van der Waals surface area contributed by atoms with E-state index >= 15 is 0 Å². The molecule has 0 aliphatic rings. The second-order valence-corrected chi connectivity index (χ2v) is 4.38. The van der Waals surface area contributed by atoms with Crippen LogP contribution >= 0.6 is 0 Å². The van der Waals surface area contributed by atoms with Crippen LogP contribution < -0.4 is 10.1 Å². The summed E-state index contributed by atoms with van der Waals surface area (Å²) < 4.78 is 41.6. The maximum absolute atomic E-state index is 12.1. The average Bonchev–Trinajstić information content (AvgIpc) is 2.40. The molecule has 0 radical (unpaired) electrons. The molecule has 6 heteroatoms. The Labute approximate surface area is 114 Å². The van der Waals surface area contributed by atoms with Crippen LogP contribution in [-0.2, 0) is 6.54 Å². The number of aromatic nitrogens is 1. The molecule has 1 N–H and O–H groups in total. The van der Waals surface area contributed by atoms with Crippen molar-refractivity contribution in [1.29, 1.82) is 0 Å². The van der Waals surface area contributed by atoms with E-state index < -0.39 is 19.2 Å². The van der Waals surface area contributed by atoms with Gasteiger partial charge in [-0.15, -0.1) is 0 Å². The number of nitrogens with one attached hydrogen (secondary N) is 1. The normalized spacial score (nSPS) is 11.8. The fourth-order valence-corrected chi connectivity index (χ4v) is 1.94. The Kier molecular flexibility index (Phi) is 4.44. The lowest BCUT2D eigenvalue weighted by atomic mass is 10.1. The number of hydrogen-bond acceptors (Lipinski definition) is 3. The van der Waals surface area contributed by atoms with E-state index in [2.05, 4.69) is 10.3 Å². The monoisotopic (exact) mass is 284 g/mol. The number of halogens is 3. The first kappa shape index (κ1) is 14.6. The molecule has 108 valence electrons. The number of pyridine rings is 1. The van der Waals surface area contributed by atoms with Gasteiger partial charge in [-0.2, -0.15) is 13.2 Å². The van der Waals surface area contributed by atoms with Crippen molar-refractivity contribution in [3.63, 3.8) is 0 Å². The maximum Gasteiger partial charge on any atom is 0.392 e. The molecule has 0 bridgehead atoms. The van der Waals surface area contributed by atoms with E-state index in [9.17, 15) is 13.2 Å². The third-order valence-corrected chi connectivity index (χ3v) is 2.83. The van der Waals surface area contributed by atoms with E-state index in [0.29, 0.717) is 6.54 Å². The highest BCUT2D eigenvalue weighted by Gasteiger charge is 2.27. The lowest BCUT2D eigenvalue weighted by molar-refractivity contribution is -0.139. The van der Waals surface area contributed by atoms with Gasteiger partial charge in [0.1, 0.15) is 0 Å². The average molecular weight is 284 g/mol. The van der Waals surface area contributed by atoms with Crippen LogP contribution in [0.3, 0.4) is 0 Å². The SMILES string of the molecule is CNCc1cnc(OCCC(F)(F)F)c2ccccc12. The quantitative estimate of drug-likeness (QED) is 0.915. The van der Waals surface area contributed by atoms with Gasteiger partial charge in [0.05, 0.1) is 13.0 Å². The molecule has 20 heavy (non-hydrogen) atoms. The largest absolute Gasteiger partial charge is 0.477 e. The molecule has 1 aromatic carbocycles. The maximum atomic E-state index is 12.1. The van der Waals surface area contributed by atoms with Gasteiger partial charge in [0, 0.05) is 18.1 Å². The number of fused-ring (bicyclic) bond motifs is 1. The van der Waals surface area contributed by atoms with E-state index in [1.165, 1.54) is 0 Å². The first-order chi connectivity index (χ1) is 9.51. The molecule has 0 aliphatic heterocycles. The molecule has 2 aromatic rings. The zero-order valence-electron chi connectivity index (χ0n) is 11.0. The summed E-state index contributed by atoms with van der Waals surface area (Å²) in [6, 6.07) is 7.38. The van der Waals surface area contributed by atoms with Crippen LogP contribution in [0.4, 0.5) is 13.2 Å². The second-order valence-electron chi connectivity index (χ2n) is 4.38. The number of rotatable bonds is 5. The van der Waals surface area contributed by atoms with Crippen LogP contribution in [0.25, 0.3) is 10.8 Å². The summed E-state index contributed by atoms with van der Waals surface area (Å²) in [4.78, 5) is 4.12. The van der Waals surface area contributed by atoms with Gasteiger partial charge in [0.15, 0.2) is 0 Å². The van der Waals surface area contributed by atoms with Crippen molar-refractivity contribution >= 4 is 10.8 Å². The van der Waals surface area contributed by atoms with Gasteiger partial charge < -0.3 is 10.1 Å². The van der Waals surface area contributed by atoms with Crippen LogP contribution in [-0.4, -0.2) is 24.8 Å². The molecule has 0 aliphatic carbocycles. The minimum absolute atomic E-state index is 0.240. The van der Waals surface area contributed by atoms with Crippen LogP contribution in [0.1, 0.15) is 12.0 Å². The highest BCUT2D eigenvalue weighted by molar-refractivity contribution is 5.89.